The predicted octanol–water partition coefficient (Wildman–Crippen LogP) is 2.94. The highest BCUT2D eigenvalue weighted by atomic mass is 127. The molecule has 7 nitrogen and oxygen atoms in total. The Morgan fingerprint density at radius 1 is 1.07 bits per heavy atom. The molecule has 2 aliphatic heterocycles. The summed E-state index contributed by atoms with van der Waals surface area (Å²) in [6.07, 6.45) is 5.11. The Hall–Kier alpha value is -1.42. The molecule has 1 atom stereocenters. The molecule has 2 aliphatic rings. The summed E-state index contributed by atoms with van der Waals surface area (Å²) in [4.78, 5) is 9.72. The lowest BCUT2D eigenvalue weighted by atomic mass is 10.1. The van der Waals surface area contributed by atoms with Crippen molar-refractivity contribution in [2.24, 2.45) is 4.99 Å². The van der Waals surface area contributed by atoms with Crippen molar-refractivity contribution in [2.45, 2.75) is 38.6 Å². The van der Waals surface area contributed by atoms with Crippen molar-refractivity contribution in [1.82, 2.24) is 15.5 Å². The molecule has 3 rings (SSSR count). The normalized spacial score (nSPS) is 19.9. The van der Waals surface area contributed by atoms with Crippen LogP contribution in [0.25, 0.3) is 0 Å². The summed E-state index contributed by atoms with van der Waals surface area (Å²) in [7, 11) is 3.38. The van der Waals surface area contributed by atoms with Crippen LogP contribution in [0.4, 0.5) is 5.69 Å². The Kier molecular flexibility index (Phi) is 10.8. The van der Waals surface area contributed by atoms with E-state index in [4.69, 9.17) is 14.5 Å². The second-order valence-electron chi connectivity index (χ2n) is 7.81. The Morgan fingerprint density at radius 2 is 1.77 bits per heavy atom. The number of guanidine groups is 1. The Balaban J connectivity index is 0.00000320. The number of anilines is 1. The van der Waals surface area contributed by atoms with Gasteiger partial charge in [0.05, 0.1) is 20.8 Å². The lowest BCUT2D eigenvalue weighted by molar-refractivity contribution is 0.235. The van der Waals surface area contributed by atoms with Gasteiger partial charge in [-0.3, -0.25) is 4.99 Å². The number of benzene rings is 1. The fraction of sp³-hybridized carbons (Fsp3) is 0.682. The smallest absolute Gasteiger partial charge is 0.191 e. The first kappa shape index (κ1) is 24.8. The first-order chi connectivity index (χ1) is 14.2. The molecule has 170 valence electrons. The van der Waals surface area contributed by atoms with Crippen molar-refractivity contribution < 1.29 is 9.47 Å². The van der Waals surface area contributed by atoms with Gasteiger partial charge in [0.2, 0.25) is 0 Å². The number of methoxy groups -OCH3 is 2. The number of piperidine rings is 1. The molecule has 0 radical (unpaired) electrons. The van der Waals surface area contributed by atoms with E-state index in [2.05, 4.69) is 39.5 Å². The van der Waals surface area contributed by atoms with Gasteiger partial charge in [0.25, 0.3) is 0 Å². The van der Waals surface area contributed by atoms with Crippen molar-refractivity contribution in [1.29, 1.82) is 0 Å². The first-order valence-electron chi connectivity index (χ1n) is 11.0. The van der Waals surface area contributed by atoms with Gasteiger partial charge < -0.3 is 29.9 Å². The van der Waals surface area contributed by atoms with Crippen LogP contribution in [-0.4, -0.2) is 76.9 Å². The van der Waals surface area contributed by atoms with Crippen LogP contribution in [0, 0.1) is 0 Å². The molecular formula is C22H38IN5O2. The summed E-state index contributed by atoms with van der Waals surface area (Å²) < 4.78 is 10.8. The van der Waals surface area contributed by atoms with Gasteiger partial charge in [0.1, 0.15) is 11.5 Å². The molecule has 0 saturated carbocycles. The van der Waals surface area contributed by atoms with E-state index in [9.17, 15) is 0 Å². The van der Waals surface area contributed by atoms with Gasteiger partial charge in [-0.15, -0.1) is 24.0 Å². The fourth-order valence-electron chi connectivity index (χ4n) is 4.09. The van der Waals surface area contributed by atoms with Crippen LogP contribution in [-0.2, 0) is 0 Å². The maximum absolute atomic E-state index is 5.42. The maximum Gasteiger partial charge on any atom is 0.191 e. The van der Waals surface area contributed by atoms with Crippen LogP contribution in [0.3, 0.4) is 0 Å². The third kappa shape index (κ3) is 7.37. The summed E-state index contributed by atoms with van der Waals surface area (Å²) in [6, 6.07) is 6.43. The van der Waals surface area contributed by atoms with Crippen molar-refractivity contribution in [2.75, 3.05) is 64.9 Å². The van der Waals surface area contributed by atoms with Crippen molar-refractivity contribution in [3.8, 4) is 11.5 Å². The Bertz CT molecular complexity index is 645. The summed E-state index contributed by atoms with van der Waals surface area (Å²) >= 11 is 0. The number of hydrogen-bond acceptors (Lipinski definition) is 5. The van der Waals surface area contributed by atoms with E-state index in [1.165, 1.54) is 32.4 Å². The molecule has 8 heteroatoms. The second-order valence-corrected chi connectivity index (χ2v) is 7.81. The van der Waals surface area contributed by atoms with Crippen LogP contribution < -0.4 is 25.0 Å². The number of nitrogens with zero attached hydrogens (tertiary/aromatic N) is 3. The molecule has 1 aromatic rings. The highest BCUT2D eigenvalue weighted by molar-refractivity contribution is 14.0. The number of likely N-dealkylation sites (tertiary alicyclic amines) is 1. The number of aliphatic imine (C=N–C) groups is 1. The van der Waals surface area contributed by atoms with E-state index in [-0.39, 0.29) is 24.0 Å². The number of nitrogens with one attached hydrogen (secondary N) is 2. The van der Waals surface area contributed by atoms with E-state index < -0.39 is 0 Å². The zero-order valence-electron chi connectivity index (χ0n) is 18.7. The van der Waals surface area contributed by atoms with Gasteiger partial charge in [-0.25, -0.2) is 0 Å². The molecule has 30 heavy (non-hydrogen) atoms. The monoisotopic (exact) mass is 531 g/mol. The third-order valence-electron chi connectivity index (χ3n) is 5.71. The molecule has 2 fully saturated rings. The summed E-state index contributed by atoms with van der Waals surface area (Å²) in [5.74, 6) is 2.58. The molecule has 2 heterocycles. The standard InChI is InChI=1S/C22H37N5O2.HI/c1-4-23-22(24-9-13-26-10-6-5-7-11-26)25-18-8-12-27(17-18)19-14-20(28-2)16-21(15-19)29-3;/h14-16,18H,4-13,17H2,1-3H3,(H2,23,24,25);1H. The molecule has 0 spiro atoms. The highest BCUT2D eigenvalue weighted by Crippen LogP contribution is 2.30. The van der Waals surface area contributed by atoms with Gasteiger partial charge in [0, 0.05) is 56.1 Å². The fourth-order valence-corrected chi connectivity index (χ4v) is 4.09. The van der Waals surface area contributed by atoms with Gasteiger partial charge >= 0.3 is 0 Å². The zero-order chi connectivity index (χ0) is 20.5. The van der Waals surface area contributed by atoms with E-state index in [0.29, 0.717) is 6.04 Å². The van der Waals surface area contributed by atoms with E-state index >= 15 is 0 Å². The molecule has 1 unspecified atom stereocenters. The average molecular weight is 531 g/mol. The summed E-state index contributed by atoms with van der Waals surface area (Å²) in [6.45, 7) is 9.27. The van der Waals surface area contributed by atoms with E-state index in [1.54, 1.807) is 14.2 Å². The van der Waals surface area contributed by atoms with Crippen LogP contribution in [0.5, 0.6) is 11.5 Å². The largest absolute Gasteiger partial charge is 0.497 e. The van der Waals surface area contributed by atoms with Crippen LogP contribution >= 0.6 is 24.0 Å². The summed E-state index contributed by atoms with van der Waals surface area (Å²) in [5.41, 5.74) is 1.14. The van der Waals surface area contributed by atoms with Crippen molar-refractivity contribution in [3.63, 3.8) is 0 Å². The number of hydrogen-bond donors (Lipinski definition) is 2. The highest BCUT2D eigenvalue weighted by Gasteiger charge is 2.24. The minimum Gasteiger partial charge on any atom is -0.497 e. The molecule has 2 saturated heterocycles. The number of rotatable bonds is 8. The van der Waals surface area contributed by atoms with Gasteiger partial charge in [0.15, 0.2) is 5.96 Å². The molecule has 1 aromatic carbocycles. The van der Waals surface area contributed by atoms with Crippen LogP contribution in [0.2, 0.25) is 0 Å². The number of ether oxygens (including phenoxy) is 2. The van der Waals surface area contributed by atoms with Crippen molar-refractivity contribution in [3.05, 3.63) is 18.2 Å². The van der Waals surface area contributed by atoms with E-state index in [0.717, 1.165) is 62.3 Å². The quantitative estimate of drug-likeness (QED) is 0.306. The molecule has 0 aliphatic carbocycles. The molecule has 0 bridgehead atoms. The zero-order valence-corrected chi connectivity index (χ0v) is 21.0. The van der Waals surface area contributed by atoms with Gasteiger partial charge in [-0.05, 0) is 39.3 Å². The molecular weight excluding hydrogens is 493 g/mol. The maximum atomic E-state index is 5.42. The Morgan fingerprint density at radius 3 is 2.40 bits per heavy atom. The average Bonchev–Trinajstić information content (AvgIpc) is 3.23. The summed E-state index contributed by atoms with van der Waals surface area (Å²) in [5, 5.41) is 7.03. The molecule has 2 N–H and O–H groups in total. The third-order valence-corrected chi connectivity index (χ3v) is 5.71. The van der Waals surface area contributed by atoms with Gasteiger partial charge in [-0.2, -0.15) is 0 Å². The minimum absolute atomic E-state index is 0. The van der Waals surface area contributed by atoms with Crippen LogP contribution in [0.1, 0.15) is 32.6 Å². The molecule has 0 amide bonds. The van der Waals surface area contributed by atoms with Crippen molar-refractivity contribution >= 4 is 35.6 Å². The topological polar surface area (TPSA) is 61.4 Å². The lowest BCUT2D eigenvalue weighted by Crippen LogP contribution is -2.45. The first-order valence-corrected chi connectivity index (χ1v) is 11.0. The SMILES string of the molecule is CCNC(=NCCN1CCCCC1)NC1CCN(c2cc(OC)cc(OC)c2)C1.I. The van der Waals surface area contributed by atoms with Crippen LogP contribution in [0.15, 0.2) is 23.2 Å². The van der Waals surface area contributed by atoms with Gasteiger partial charge in [-0.1, -0.05) is 6.42 Å². The Labute approximate surface area is 198 Å². The predicted molar refractivity (Wildman–Crippen MR) is 135 cm³/mol. The second kappa shape index (κ2) is 13.1. The minimum atomic E-state index is 0. The lowest BCUT2D eigenvalue weighted by Gasteiger charge is -2.25. The molecule has 0 aromatic heterocycles. The van der Waals surface area contributed by atoms with E-state index in [1.807, 2.05) is 6.07 Å². The number of halogens is 1.